The van der Waals surface area contributed by atoms with Gasteiger partial charge in [0.15, 0.2) is 11.6 Å². The van der Waals surface area contributed by atoms with Gasteiger partial charge >= 0.3 is 0 Å². The molecular formula is C20H18Br2O4. The Labute approximate surface area is 168 Å². The van der Waals surface area contributed by atoms with E-state index >= 15 is 0 Å². The molecule has 1 N–H and O–H groups in total. The molecule has 136 valence electrons. The zero-order valence-corrected chi connectivity index (χ0v) is 17.1. The number of Topliss-reactive ketones (excluding diaryl/α,β-unsaturated/α-hetero) is 2. The number of aliphatic hydroxyl groups excluding tert-OH is 1. The average Bonchev–Trinajstić information content (AvgIpc) is 3.04. The predicted molar refractivity (Wildman–Crippen MR) is 105 cm³/mol. The Hall–Kier alpha value is -1.34. The molecule has 26 heavy (non-hydrogen) atoms. The van der Waals surface area contributed by atoms with Gasteiger partial charge in [-0.1, -0.05) is 56.1 Å². The summed E-state index contributed by atoms with van der Waals surface area (Å²) in [5.74, 6) is -0.902. The van der Waals surface area contributed by atoms with Crippen molar-refractivity contribution in [2.24, 2.45) is 11.8 Å². The van der Waals surface area contributed by atoms with E-state index < -0.39 is 12.0 Å². The molecule has 0 saturated carbocycles. The SMILES string of the molecule is O=C(C[C@@H]1CO[C@@H](CO)[C@H]1C(=O)c1ccc(Br)cc1)c1ccc(Br)cc1. The van der Waals surface area contributed by atoms with E-state index in [0.717, 1.165) is 8.95 Å². The van der Waals surface area contributed by atoms with Gasteiger partial charge in [0.1, 0.15) is 0 Å². The minimum Gasteiger partial charge on any atom is -0.394 e. The van der Waals surface area contributed by atoms with Crippen LogP contribution in [0.1, 0.15) is 27.1 Å². The van der Waals surface area contributed by atoms with Crippen molar-refractivity contribution in [1.29, 1.82) is 0 Å². The van der Waals surface area contributed by atoms with Crippen molar-refractivity contribution < 1.29 is 19.4 Å². The maximum absolute atomic E-state index is 13.0. The quantitative estimate of drug-likeness (QED) is 0.625. The highest BCUT2D eigenvalue weighted by atomic mass is 79.9. The van der Waals surface area contributed by atoms with E-state index in [1.54, 1.807) is 36.4 Å². The molecule has 2 aromatic carbocycles. The number of hydrogen-bond acceptors (Lipinski definition) is 4. The van der Waals surface area contributed by atoms with Crippen LogP contribution in [0.25, 0.3) is 0 Å². The zero-order valence-electron chi connectivity index (χ0n) is 13.9. The van der Waals surface area contributed by atoms with Crippen molar-refractivity contribution in [3.63, 3.8) is 0 Å². The smallest absolute Gasteiger partial charge is 0.169 e. The lowest BCUT2D eigenvalue weighted by Gasteiger charge is -2.20. The molecule has 1 aliphatic heterocycles. The molecule has 2 aromatic rings. The van der Waals surface area contributed by atoms with Gasteiger partial charge in [-0.3, -0.25) is 9.59 Å². The summed E-state index contributed by atoms with van der Waals surface area (Å²) in [5.41, 5.74) is 1.17. The van der Waals surface area contributed by atoms with Gasteiger partial charge in [0.05, 0.1) is 25.2 Å². The van der Waals surface area contributed by atoms with Crippen LogP contribution in [-0.2, 0) is 4.74 Å². The van der Waals surface area contributed by atoms with Crippen LogP contribution in [0.2, 0.25) is 0 Å². The van der Waals surface area contributed by atoms with E-state index in [9.17, 15) is 14.7 Å². The van der Waals surface area contributed by atoms with Gasteiger partial charge in [-0.05, 0) is 24.3 Å². The number of ketones is 2. The predicted octanol–water partition coefficient (Wildman–Crippen LogP) is 4.29. The van der Waals surface area contributed by atoms with Gasteiger partial charge in [-0.15, -0.1) is 0 Å². The number of aliphatic hydroxyl groups is 1. The molecular weight excluding hydrogens is 464 g/mol. The number of ether oxygens (including phenoxy) is 1. The van der Waals surface area contributed by atoms with Gasteiger partial charge < -0.3 is 9.84 Å². The second-order valence-corrected chi connectivity index (χ2v) is 8.18. The van der Waals surface area contributed by atoms with Gasteiger partial charge in [-0.2, -0.15) is 0 Å². The average molecular weight is 482 g/mol. The highest BCUT2D eigenvalue weighted by Gasteiger charge is 2.42. The lowest BCUT2D eigenvalue weighted by molar-refractivity contribution is 0.0374. The van der Waals surface area contributed by atoms with Crippen LogP contribution in [0.15, 0.2) is 57.5 Å². The maximum atomic E-state index is 13.0. The lowest BCUT2D eigenvalue weighted by Crippen LogP contribution is -2.32. The van der Waals surface area contributed by atoms with Crippen LogP contribution >= 0.6 is 31.9 Å². The lowest BCUT2D eigenvalue weighted by atomic mass is 9.81. The summed E-state index contributed by atoms with van der Waals surface area (Å²) in [6.07, 6.45) is -0.362. The summed E-state index contributed by atoms with van der Waals surface area (Å²) in [4.78, 5) is 25.6. The Morgan fingerprint density at radius 3 is 2.04 bits per heavy atom. The van der Waals surface area contributed by atoms with Crippen molar-refractivity contribution in [1.82, 2.24) is 0 Å². The summed E-state index contributed by atoms with van der Waals surface area (Å²) in [6.45, 7) is 0.0519. The molecule has 1 fully saturated rings. The summed E-state index contributed by atoms with van der Waals surface area (Å²) < 4.78 is 7.40. The third-order valence-corrected chi connectivity index (χ3v) is 5.72. The van der Waals surface area contributed by atoms with Crippen LogP contribution < -0.4 is 0 Å². The number of benzene rings is 2. The molecule has 0 bridgehead atoms. The van der Waals surface area contributed by atoms with Crippen molar-refractivity contribution in [2.45, 2.75) is 12.5 Å². The van der Waals surface area contributed by atoms with Crippen LogP contribution in [0.5, 0.6) is 0 Å². The molecule has 6 heteroatoms. The van der Waals surface area contributed by atoms with E-state index in [2.05, 4.69) is 31.9 Å². The minimum absolute atomic E-state index is 0.0294. The summed E-state index contributed by atoms with van der Waals surface area (Å²) in [6, 6.07) is 14.3. The number of halogens is 2. The van der Waals surface area contributed by atoms with Crippen LogP contribution in [0.3, 0.4) is 0 Å². The van der Waals surface area contributed by atoms with E-state index in [4.69, 9.17) is 4.74 Å². The Kier molecular flexibility index (Phi) is 6.40. The van der Waals surface area contributed by atoms with Crippen molar-refractivity contribution in [2.75, 3.05) is 13.2 Å². The number of rotatable bonds is 6. The maximum Gasteiger partial charge on any atom is 0.169 e. The second-order valence-electron chi connectivity index (χ2n) is 6.35. The number of carbonyl (C=O) groups excluding carboxylic acids is 2. The van der Waals surface area contributed by atoms with E-state index in [0.29, 0.717) is 17.7 Å². The Morgan fingerprint density at radius 1 is 0.962 bits per heavy atom. The molecule has 3 atom stereocenters. The standard InChI is InChI=1S/C20H18Br2O4/c21-15-5-1-12(2-6-15)17(24)9-14-11-26-18(10-23)19(14)20(25)13-3-7-16(22)8-4-13/h1-8,14,18-19,23H,9-11H2/t14-,18+,19+/m1/s1. The molecule has 0 aromatic heterocycles. The highest BCUT2D eigenvalue weighted by Crippen LogP contribution is 2.33. The van der Waals surface area contributed by atoms with Crippen LogP contribution in [0, 0.1) is 11.8 Å². The highest BCUT2D eigenvalue weighted by molar-refractivity contribution is 9.10. The molecule has 3 rings (SSSR count). The third-order valence-electron chi connectivity index (χ3n) is 4.66. The first-order chi connectivity index (χ1) is 12.5. The molecule has 0 spiro atoms. The van der Waals surface area contributed by atoms with Gasteiger partial charge in [0, 0.05) is 32.4 Å². The summed E-state index contributed by atoms with van der Waals surface area (Å²) >= 11 is 6.71. The number of hydrogen-bond donors (Lipinski definition) is 1. The Bertz CT molecular complexity index is 786. The first-order valence-electron chi connectivity index (χ1n) is 8.30. The first-order valence-corrected chi connectivity index (χ1v) is 9.89. The normalized spacial score (nSPS) is 22.3. The van der Waals surface area contributed by atoms with Crippen molar-refractivity contribution in [3.8, 4) is 0 Å². The monoisotopic (exact) mass is 480 g/mol. The fourth-order valence-electron chi connectivity index (χ4n) is 3.29. The largest absolute Gasteiger partial charge is 0.394 e. The van der Waals surface area contributed by atoms with Crippen molar-refractivity contribution >= 4 is 43.4 Å². The molecule has 1 aliphatic rings. The molecule has 0 aliphatic carbocycles. The topological polar surface area (TPSA) is 63.6 Å². The molecule has 0 amide bonds. The van der Waals surface area contributed by atoms with E-state index in [1.165, 1.54) is 0 Å². The Balaban J connectivity index is 1.79. The van der Waals surface area contributed by atoms with Crippen molar-refractivity contribution in [3.05, 3.63) is 68.6 Å². The second kappa shape index (κ2) is 8.57. The minimum atomic E-state index is -0.575. The molecule has 0 radical (unpaired) electrons. The first kappa shape index (κ1) is 19.4. The van der Waals surface area contributed by atoms with E-state index in [-0.39, 0.29) is 30.5 Å². The molecule has 4 nitrogen and oxygen atoms in total. The van der Waals surface area contributed by atoms with Gasteiger partial charge in [-0.25, -0.2) is 0 Å². The van der Waals surface area contributed by atoms with E-state index in [1.807, 2.05) is 12.1 Å². The van der Waals surface area contributed by atoms with Crippen LogP contribution in [0.4, 0.5) is 0 Å². The number of carbonyl (C=O) groups is 2. The van der Waals surface area contributed by atoms with Crippen LogP contribution in [-0.4, -0.2) is 36.0 Å². The molecule has 1 saturated heterocycles. The summed E-state index contributed by atoms with van der Waals surface area (Å²) in [5, 5.41) is 9.60. The summed E-state index contributed by atoms with van der Waals surface area (Å²) in [7, 11) is 0. The Morgan fingerprint density at radius 2 is 1.50 bits per heavy atom. The molecule has 0 unspecified atom stereocenters. The zero-order chi connectivity index (χ0) is 18.7. The fraction of sp³-hybridized carbons (Fsp3) is 0.300. The molecule has 1 heterocycles. The third kappa shape index (κ3) is 4.31. The van der Waals surface area contributed by atoms with Gasteiger partial charge in [0.25, 0.3) is 0 Å². The fourth-order valence-corrected chi connectivity index (χ4v) is 3.82. The van der Waals surface area contributed by atoms with Gasteiger partial charge in [0.2, 0.25) is 0 Å².